The van der Waals surface area contributed by atoms with Crippen molar-refractivity contribution < 1.29 is 21.6 Å². The molecule has 3 N–H and O–H groups in total. The second-order valence-electron chi connectivity index (χ2n) is 5.46. The van der Waals surface area contributed by atoms with E-state index >= 15 is 0 Å². The van der Waals surface area contributed by atoms with Gasteiger partial charge in [-0.05, 0) is 19.1 Å². The minimum absolute atomic E-state index is 0.0220. The first-order valence-electron chi connectivity index (χ1n) is 8.31. The molecular weight excluding hydrogens is 415 g/mol. The Labute approximate surface area is 165 Å². The second kappa shape index (κ2) is 9.85. The summed E-state index contributed by atoms with van der Waals surface area (Å²) in [4.78, 5) is 7.85. The summed E-state index contributed by atoms with van der Waals surface area (Å²) in [7, 11) is -3.60. The zero-order valence-corrected chi connectivity index (χ0v) is 16.6. The van der Waals surface area contributed by atoms with E-state index in [2.05, 4.69) is 25.3 Å². The number of nitrogens with zero attached hydrogens (tertiary/aromatic N) is 2. The standard InChI is InChI=1S/C16H20F3N5O2S2/c1-2-20-15(22-10-14-24-13(11-27-14)16(17,18)19)21-8-9-23-28(25,26)12-6-4-3-5-7-12/h3-7,11,23H,2,8-10H2,1H3,(H2,20,21,22). The number of rotatable bonds is 8. The highest BCUT2D eigenvalue weighted by molar-refractivity contribution is 7.89. The molecule has 0 atom stereocenters. The number of aromatic nitrogens is 1. The van der Waals surface area contributed by atoms with Crippen molar-refractivity contribution in [3.8, 4) is 0 Å². The number of hydrogen-bond acceptors (Lipinski definition) is 5. The van der Waals surface area contributed by atoms with Crippen LogP contribution in [0.5, 0.6) is 0 Å². The fraction of sp³-hybridized carbons (Fsp3) is 0.375. The lowest BCUT2D eigenvalue weighted by Crippen LogP contribution is -2.41. The molecule has 0 spiro atoms. The Morgan fingerprint density at radius 3 is 2.50 bits per heavy atom. The number of nitrogens with one attached hydrogen (secondary N) is 3. The van der Waals surface area contributed by atoms with Gasteiger partial charge in [-0.25, -0.2) is 23.1 Å². The van der Waals surface area contributed by atoms with Crippen molar-refractivity contribution in [3.63, 3.8) is 0 Å². The van der Waals surface area contributed by atoms with Crippen LogP contribution in [-0.2, 0) is 22.7 Å². The molecule has 0 bridgehead atoms. The molecule has 2 rings (SSSR count). The largest absolute Gasteiger partial charge is 0.434 e. The average Bonchev–Trinajstić information content (AvgIpc) is 3.13. The Bertz CT molecular complexity index is 883. The molecule has 0 aliphatic rings. The van der Waals surface area contributed by atoms with Gasteiger partial charge in [0.25, 0.3) is 0 Å². The van der Waals surface area contributed by atoms with Crippen LogP contribution >= 0.6 is 11.3 Å². The van der Waals surface area contributed by atoms with Crippen LogP contribution in [0.1, 0.15) is 17.6 Å². The van der Waals surface area contributed by atoms with Crippen molar-refractivity contribution in [1.82, 2.24) is 20.3 Å². The number of guanidine groups is 1. The Morgan fingerprint density at radius 2 is 1.89 bits per heavy atom. The summed E-state index contributed by atoms with van der Waals surface area (Å²) < 4.78 is 64.4. The number of benzene rings is 1. The molecule has 0 aliphatic heterocycles. The Hall–Kier alpha value is -2.18. The van der Waals surface area contributed by atoms with Crippen LogP contribution in [0.4, 0.5) is 13.2 Å². The summed E-state index contributed by atoms with van der Waals surface area (Å²) in [5, 5.41) is 7.03. The molecule has 0 aliphatic carbocycles. The normalized spacial score (nSPS) is 12.8. The highest BCUT2D eigenvalue weighted by Crippen LogP contribution is 2.30. The summed E-state index contributed by atoms with van der Waals surface area (Å²) in [5.74, 6) is 0.352. The summed E-state index contributed by atoms with van der Waals surface area (Å²) in [6.07, 6.45) is -4.48. The van der Waals surface area contributed by atoms with Crippen molar-refractivity contribution in [2.75, 3.05) is 19.6 Å². The minimum atomic E-state index is -4.48. The third-order valence-electron chi connectivity index (χ3n) is 3.32. The van der Waals surface area contributed by atoms with E-state index in [9.17, 15) is 21.6 Å². The van der Waals surface area contributed by atoms with Gasteiger partial charge in [0, 0.05) is 25.0 Å². The van der Waals surface area contributed by atoms with E-state index in [0.29, 0.717) is 12.5 Å². The number of thiazole rings is 1. The van der Waals surface area contributed by atoms with Crippen LogP contribution < -0.4 is 15.4 Å². The molecule has 1 aromatic heterocycles. The SMILES string of the molecule is CCNC(=NCc1nc(C(F)(F)F)cs1)NCCNS(=O)(=O)c1ccccc1. The van der Waals surface area contributed by atoms with Crippen LogP contribution in [0, 0.1) is 0 Å². The first-order valence-corrected chi connectivity index (χ1v) is 10.7. The van der Waals surface area contributed by atoms with Gasteiger partial charge in [0.1, 0.15) is 5.01 Å². The fourth-order valence-electron chi connectivity index (χ4n) is 2.05. The zero-order valence-electron chi connectivity index (χ0n) is 15.0. The summed E-state index contributed by atoms with van der Waals surface area (Å²) in [6.45, 7) is 2.69. The van der Waals surface area contributed by atoms with Gasteiger partial charge >= 0.3 is 6.18 Å². The van der Waals surface area contributed by atoms with Crippen molar-refractivity contribution >= 4 is 27.3 Å². The lowest BCUT2D eigenvalue weighted by atomic mass is 10.4. The van der Waals surface area contributed by atoms with E-state index in [0.717, 1.165) is 16.7 Å². The van der Waals surface area contributed by atoms with Gasteiger partial charge < -0.3 is 10.6 Å². The lowest BCUT2D eigenvalue weighted by molar-refractivity contribution is -0.140. The Kier molecular flexibility index (Phi) is 7.78. The van der Waals surface area contributed by atoms with Gasteiger partial charge in [0.15, 0.2) is 11.7 Å². The third kappa shape index (κ3) is 6.77. The number of hydrogen-bond donors (Lipinski definition) is 3. The highest BCUT2D eigenvalue weighted by Gasteiger charge is 2.33. The van der Waals surface area contributed by atoms with E-state index < -0.39 is 21.9 Å². The molecule has 0 amide bonds. The maximum Gasteiger partial charge on any atom is 0.434 e. The first-order chi connectivity index (χ1) is 13.2. The summed E-state index contributed by atoms with van der Waals surface area (Å²) in [6, 6.07) is 7.96. The van der Waals surface area contributed by atoms with Crippen LogP contribution in [0.3, 0.4) is 0 Å². The predicted molar refractivity (Wildman–Crippen MR) is 102 cm³/mol. The fourth-order valence-corrected chi connectivity index (χ4v) is 3.83. The summed E-state index contributed by atoms with van der Waals surface area (Å²) >= 11 is 0.880. The smallest absolute Gasteiger partial charge is 0.357 e. The van der Waals surface area contributed by atoms with Crippen LogP contribution in [0.15, 0.2) is 45.6 Å². The number of aliphatic imine (C=N–C) groups is 1. The average molecular weight is 435 g/mol. The molecule has 28 heavy (non-hydrogen) atoms. The quantitative estimate of drug-likeness (QED) is 0.336. The summed E-state index contributed by atoms with van der Waals surface area (Å²) in [5.41, 5.74) is -0.934. The molecule has 0 saturated heterocycles. The van der Waals surface area contributed by atoms with Gasteiger partial charge in [-0.1, -0.05) is 18.2 Å². The van der Waals surface area contributed by atoms with Gasteiger partial charge in [0.2, 0.25) is 10.0 Å². The molecule has 1 heterocycles. The van der Waals surface area contributed by atoms with E-state index in [1.165, 1.54) is 12.1 Å². The Morgan fingerprint density at radius 1 is 1.18 bits per heavy atom. The zero-order chi connectivity index (χ0) is 20.6. The van der Waals surface area contributed by atoms with Crippen molar-refractivity contribution in [1.29, 1.82) is 0 Å². The number of halogens is 3. The van der Waals surface area contributed by atoms with Gasteiger partial charge in [-0.3, -0.25) is 0 Å². The van der Waals surface area contributed by atoms with Gasteiger partial charge in [-0.15, -0.1) is 11.3 Å². The van der Waals surface area contributed by atoms with E-state index in [1.807, 2.05) is 6.92 Å². The van der Waals surface area contributed by atoms with Gasteiger partial charge in [-0.2, -0.15) is 13.2 Å². The van der Waals surface area contributed by atoms with Crippen LogP contribution in [0.2, 0.25) is 0 Å². The molecule has 0 fully saturated rings. The topological polar surface area (TPSA) is 95.5 Å². The molecular formula is C16H20F3N5O2S2. The van der Waals surface area contributed by atoms with Crippen LogP contribution in [0.25, 0.3) is 0 Å². The van der Waals surface area contributed by atoms with Crippen molar-refractivity contribution in [2.24, 2.45) is 4.99 Å². The van der Waals surface area contributed by atoms with Crippen molar-refractivity contribution in [2.45, 2.75) is 24.5 Å². The Balaban J connectivity index is 1.87. The monoisotopic (exact) mass is 435 g/mol. The van der Waals surface area contributed by atoms with E-state index in [4.69, 9.17) is 0 Å². The molecule has 12 heteroatoms. The third-order valence-corrected chi connectivity index (χ3v) is 5.63. The minimum Gasteiger partial charge on any atom is -0.357 e. The maximum absolute atomic E-state index is 12.6. The van der Waals surface area contributed by atoms with Gasteiger partial charge in [0.05, 0.1) is 11.4 Å². The van der Waals surface area contributed by atoms with Crippen molar-refractivity contribution in [3.05, 3.63) is 46.4 Å². The molecule has 1 aromatic carbocycles. The molecule has 2 aromatic rings. The maximum atomic E-state index is 12.6. The second-order valence-corrected chi connectivity index (χ2v) is 8.17. The van der Waals surface area contributed by atoms with E-state index in [1.54, 1.807) is 18.2 Å². The molecule has 154 valence electrons. The molecule has 0 radical (unpaired) electrons. The van der Waals surface area contributed by atoms with Crippen LogP contribution in [-0.4, -0.2) is 39.0 Å². The van der Waals surface area contributed by atoms with E-state index in [-0.39, 0.29) is 29.5 Å². The molecule has 0 unspecified atom stereocenters. The molecule has 7 nitrogen and oxygen atoms in total. The highest BCUT2D eigenvalue weighted by atomic mass is 32.2. The number of alkyl halides is 3. The molecule has 0 saturated carbocycles. The first kappa shape index (κ1) is 22.1. The predicted octanol–water partition coefficient (Wildman–Crippen LogP) is 2.20. The lowest BCUT2D eigenvalue weighted by Gasteiger charge is -2.12. The number of sulfonamides is 1.